The molecule has 0 aliphatic heterocycles. The third-order valence-electron chi connectivity index (χ3n) is 2.06. The lowest BCUT2D eigenvalue weighted by Gasteiger charge is -2.14. The molecule has 0 amide bonds. The molecule has 0 fully saturated rings. The minimum Gasteiger partial charge on any atom is -0.469 e. The average molecular weight is 390 g/mol. The van der Waals surface area contributed by atoms with Crippen molar-refractivity contribution in [3.05, 3.63) is 20.9 Å². The van der Waals surface area contributed by atoms with Gasteiger partial charge >= 0.3 is 12.3 Å². The second kappa shape index (κ2) is 6.37. The molecule has 0 saturated carbocycles. The number of nitrogens with two attached hydrogens (primary N) is 1. The monoisotopic (exact) mass is 390 g/mol. The molecule has 19 heavy (non-hydrogen) atoms. The zero-order valence-corrected chi connectivity index (χ0v) is 11.9. The fourth-order valence-electron chi connectivity index (χ4n) is 1.24. The molecule has 0 radical (unpaired) electrons. The zero-order chi connectivity index (χ0) is 14.6. The Morgan fingerprint density at radius 1 is 1.53 bits per heavy atom. The first-order valence-corrected chi connectivity index (χ1v) is 6.05. The fraction of sp³-hybridized carbons (Fsp3) is 0.400. The summed E-state index contributed by atoms with van der Waals surface area (Å²) in [6, 6.07) is 1.49. The first kappa shape index (κ1) is 16.0. The highest BCUT2D eigenvalue weighted by Gasteiger charge is 2.34. The number of carbonyl (C=O) groups is 1. The number of ether oxygens (including phenoxy) is 2. The summed E-state index contributed by atoms with van der Waals surface area (Å²) >= 11 is 1.79. The third-order valence-corrected chi connectivity index (χ3v) is 3.02. The molecule has 0 unspecified atom stereocenters. The Balaban J connectivity index is 3.21. The molecule has 1 aromatic rings. The lowest BCUT2D eigenvalue weighted by Crippen LogP contribution is -2.21. The molecule has 1 aromatic heterocycles. The lowest BCUT2D eigenvalue weighted by molar-refractivity contribution is -0.276. The molecule has 0 atom stereocenters. The van der Waals surface area contributed by atoms with Crippen molar-refractivity contribution in [1.29, 1.82) is 0 Å². The number of esters is 1. The maximum Gasteiger partial charge on any atom is 0.574 e. The minimum absolute atomic E-state index is 0.0157. The van der Waals surface area contributed by atoms with Crippen LogP contribution in [0.5, 0.6) is 5.88 Å². The summed E-state index contributed by atoms with van der Waals surface area (Å²) in [4.78, 5) is 14.8. The van der Waals surface area contributed by atoms with Gasteiger partial charge in [0.05, 0.1) is 19.2 Å². The summed E-state index contributed by atoms with van der Waals surface area (Å²) in [5.41, 5.74) is 5.58. The molecular weight excluding hydrogens is 380 g/mol. The van der Waals surface area contributed by atoms with Gasteiger partial charge in [-0.2, -0.15) is 0 Å². The molecule has 2 N–H and O–H groups in total. The van der Waals surface area contributed by atoms with E-state index in [2.05, 4.69) is 14.5 Å². The number of nitrogens with zero attached hydrogens (tertiary/aromatic N) is 1. The summed E-state index contributed by atoms with van der Waals surface area (Å²) in [6.07, 6.45) is -5.26. The van der Waals surface area contributed by atoms with E-state index >= 15 is 0 Å². The van der Waals surface area contributed by atoms with Gasteiger partial charge in [0.2, 0.25) is 5.88 Å². The quantitative estimate of drug-likeness (QED) is 0.627. The summed E-state index contributed by atoms with van der Waals surface area (Å²) in [5, 5.41) is 0. The maximum atomic E-state index is 12.3. The van der Waals surface area contributed by atoms with Gasteiger partial charge in [0.1, 0.15) is 0 Å². The van der Waals surface area contributed by atoms with Crippen LogP contribution in [-0.4, -0.2) is 24.4 Å². The number of hydrogen-bond acceptors (Lipinski definition) is 5. The van der Waals surface area contributed by atoms with Crippen LogP contribution < -0.4 is 10.5 Å². The van der Waals surface area contributed by atoms with Crippen molar-refractivity contribution in [3.8, 4) is 5.88 Å². The number of pyridine rings is 1. The minimum atomic E-state index is -4.89. The van der Waals surface area contributed by atoms with Crippen molar-refractivity contribution in [3.63, 3.8) is 0 Å². The molecular formula is C10H10F3IN2O3. The van der Waals surface area contributed by atoms with Gasteiger partial charge in [-0.1, -0.05) is 0 Å². The molecule has 0 saturated heterocycles. The van der Waals surface area contributed by atoms with Gasteiger partial charge in [-0.15, -0.1) is 13.2 Å². The second-order valence-electron chi connectivity index (χ2n) is 3.38. The normalized spacial score (nSPS) is 11.3. The summed E-state index contributed by atoms with van der Waals surface area (Å²) in [5.74, 6) is -1.36. The van der Waals surface area contributed by atoms with Crippen LogP contribution in [0.25, 0.3) is 0 Å². The van der Waals surface area contributed by atoms with Gasteiger partial charge < -0.3 is 15.2 Å². The SMILES string of the molecule is COC(=O)Cc1c(I)cc(CN)nc1OC(F)(F)F. The molecule has 5 nitrogen and oxygen atoms in total. The maximum absolute atomic E-state index is 12.3. The van der Waals surface area contributed by atoms with Crippen LogP contribution in [0.3, 0.4) is 0 Å². The van der Waals surface area contributed by atoms with E-state index in [9.17, 15) is 18.0 Å². The van der Waals surface area contributed by atoms with Crippen LogP contribution in [0.15, 0.2) is 6.07 Å². The summed E-state index contributed by atoms with van der Waals surface area (Å²) < 4.78 is 45.5. The number of hydrogen-bond donors (Lipinski definition) is 1. The highest BCUT2D eigenvalue weighted by atomic mass is 127. The van der Waals surface area contributed by atoms with E-state index in [0.717, 1.165) is 7.11 Å². The van der Waals surface area contributed by atoms with Crippen molar-refractivity contribution in [2.75, 3.05) is 7.11 Å². The molecule has 1 rings (SSSR count). The Bertz CT molecular complexity index is 480. The molecule has 1 heterocycles. The second-order valence-corrected chi connectivity index (χ2v) is 4.55. The molecule has 0 aliphatic rings. The molecule has 9 heteroatoms. The highest BCUT2D eigenvalue weighted by Crippen LogP contribution is 2.29. The van der Waals surface area contributed by atoms with Crippen LogP contribution in [0.2, 0.25) is 0 Å². The third kappa shape index (κ3) is 4.82. The predicted octanol–water partition coefficient (Wildman–Crippen LogP) is 1.76. The Kier molecular flexibility index (Phi) is 5.35. The van der Waals surface area contributed by atoms with Crippen LogP contribution in [0.1, 0.15) is 11.3 Å². The molecule has 0 aromatic carbocycles. The van der Waals surface area contributed by atoms with E-state index in [4.69, 9.17) is 5.73 Å². The van der Waals surface area contributed by atoms with Gasteiger partial charge in [0, 0.05) is 15.7 Å². The summed E-state index contributed by atoms with van der Waals surface area (Å²) in [7, 11) is 1.14. The van der Waals surface area contributed by atoms with Gasteiger partial charge in [-0.25, -0.2) is 4.98 Å². The van der Waals surface area contributed by atoms with Crippen LogP contribution in [-0.2, 0) is 22.5 Å². The van der Waals surface area contributed by atoms with E-state index in [-0.39, 0.29) is 24.2 Å². The van der Waals surface area contributed by atoms with E-state index < -0.39 is 18.2 Å². The van der Waals surface area contributed by atoms with Crippen LogP contribution in [0.4, 0.5) is 13.2 Å². The van der Waals surface area contributed by atoms with Gasteiger partial charge in [0.25, 0.3) is 0 Å². The highest BCUT2D eigenvalue weighted by molar-refractivity contribution is 14.1. The number of methoxy groups -OCH3 is 1. The largest absolute Gasteiger partial charge is 0.574 e. The summed E-state index contributed by atoms with van der Waals surface area (Å²) in [6.45, 7) is -0.0390. The predicted molar refractivity (Wildman–Crippen MR) is 67.2 cm³/mol. The van der Waals surface area contributed by atoms with Crippen molar-refractivity contribution in [2.45, 2.75) is 19.3 Å². The number of halogens is 4. The standard InChI is InChI=1S/C10H10F3IN2O3/c1-18-8(17)3-6-7(14)2-5(4-15)16-9(6)19-10(11,12)13/h2H,3-4,15H2,1H3. The van der Waals surface area contributed by atoms with Crippen molar-refractivity contribution in [2.24, 2.45) is 5.73 Å². The Morgan fingerprint density at radius 2 is 2.16 bits per heavy atom. The topological polar surface area (TPSA) is 74.4 Å². The van der Waals surface area contributed by atoms with Crippen LogP contribution in [0, 0.1) is 3.57 Å². The van der Waals surface area contributed by atoms with Crippen molar-refractivity contribution in [1.82, 2.24) is 4.98 Å². The zero-order valence-electron chi connectivity index (χ0n) is 9.75. The molecule has 0 bridgehead atoms. The molecule has 106 valence electrons. The average Bonchev–Trinajstić information content (AvgIpc) is 2.30. The Labute approximate surface area is 120 Å². The Morgan fingerprint density at radius 3 is 2.63 bits per heavy atom. The number of alkyl halides is 3. The first-order chi connectivity index (χ1) is 8.76. The number of rotatable bonds is 4. The van der Waals surface area contributed by atoms with Crippen molar-refractivity contribution < 1.29 is 27.4 Å². The molecule has 0 aliphatic carbocycles. The fourth-order valence-corrected chi connectivity index (χ4v) is 2.02. The van der Waals surface area contributed by atoms with E-state index in [1.807, 2.05) is 0 Å². The molecule has 0 spiro atoms. The van der Waals surface area contributed by atoms with Crippen molar-refractivity contribution >= 4 is 28.6 Å². The first-order valence-electron chi connectivity index (χ1n) is 4.97. The smallest absolute Gasteiger partial charge is 0.469 e. The number of aromatic nitrogens is 1. The Hall–Kier alpha value is -1.10. The van der Waals surface area contributed by atoms with E-state index in [1.165, 1.54) is 6.07 Å². The number of carbonyl (C=O) groups excluding carboxylic acids is 1. The van der Waals surface area contributed by atoms with Gasteiger partial charge in [-0.05, 0) is 28.7 Å². The lowest BCUT2D eigenvalue weighted by atomic mass is 10.2. The van der Waals surface area contributed by atoms with Crippen LogP contribution >= 0.6 is 22.6 Å². The van der Waals surface area contributed by atoms with E-state index in [1.54, 1.807) is 22.6 Å². The van der Waals surface area contributed by atoms with E-state index in [0.29, 0.717) is 3.57 Å². The van der Waals surface area contributed by atoms with Gasteiger partial charge in [-0.3, -0.25) is 4.79 Å². The van der Waals surface area contributed by atoms with Gasteiger partial charge in [0.15, 0.2) is 0 Å².